The molecule has 3 heterocycles. The Hall–Kier alpha value is -2.53. The molecule has 5 nitrogen and oxygen atoms in total. The molecular weight excluding hydrogens is 360 g/mol. The largest absolute Gasteiger partial charge is 0.303 e. The number of carbonyl (C=O) groups is 1. The fraction of sp³-hybridized carbons (Fsp3) is 0.458. The lowest BCUT2D eigenvalue weighted by Crippen LogP contribution is -2.38. The fourth-order valence-corrected chi connectivity index (χ4v) is 4.24. The minimum Gasteiger partial charge on any atom is -0.303 e. The van der Waals surface area contributed by atoms with E-state index in [0.29, 0.717) is 18.0 Å². The minimum atomic E-state index is 0.113. The summed E-state index contributed by atoms with van der Waals surface area (Å²) in [5.41, 5.74) is 2.79. The maximum atomic E-state index is 12.9. The van der Waals surface area contributed by atoms with Crippen LogP contribution in [0.5, 0.6) is 0 Å². The number of Topliss-reactive ketones (excluding diaryl/α,β-unsaturated/α-hetero) is 1. The number of benzene rings is 1. The summed E-state index contributed by atoms with van der Waals surface area (Å²) in [6, 6.07) is 7.96. The van der Waals surface area contributed by atoms with Gasteiger partial charge in [0.2, 0.25) is 0 Å². The van der Waals surface area contributed by atoms with Gasteiger partial charge in [0.05, 0.1) is 7.57 Å². The first-order valence-electron chi connectivity index (χ1n) is 11.0. The Morgan fingerprint density at radius 3 is 2.69 bits per heavy atom. The third-order valence-electron chi connectivity index (χ3n) is 5.75. The topological polar surface area (TPSA) is 51.0 Å². The molecule has 3 aromatic rings. The zero-order chi connectivity index (χ0) is 21.3. The number of fused-ring (bicyclic) bond motifs is 1. The van der Waals surface area contributed by atoms with Crippen molar-refractivity contribution < 1.29 is 6.17 Å². The molecule has 152 valence electrons. The first kappa shape index (κ1) is 18.5. The molecule has 1 fully saturated rings. The Morgan fingerprint density at radius 1 is 1.21 bits per heavy atom. The average Bonchev–Trinajstić information content (AvgIpc) is 3.14. The van der Waals surface area contributed by atoms with Crippen LogP contribution in [-0.2, 0) is 18.3 Å². The quantitative estimate of drug-likeness (QED) is 0.634. The number of rotatable bonds is 6. The van der Waals surface area contributed by atoms with E-state index in [1.54, 1.807) is 4.68 Å². The molecule has 2 aromatic heterocycles. The predicted molar refractivity (Wildman–Crippen MR) is 117 cm³/mol. The summed E-state index contributed by atoms with van der Waals surface area (Å²) in [7, 11) is 1.90. The molecule has 1 aromatic carbocycles. The van der Waals surface area contributed by atoms with Crippen molar-refractivity contribution in [3.8, 4) is 11.1 Å². The number of aromatic nitrogens is 3. The first-order chi connectivity index (χ1) is 14.4. The third-order valence-corrected chi connectivity index (χ3v) is 5.75. The lowest BCUT2D eigenvalue weighted by molar-refractivity contribution is -0.123. The molecular formula is C24H30N4O. The van der Waals surface area contributed by atoms with Crippen molar-refractivity contribution in [2.24, 2.45) is 18.9 Å². The standard InChI is InChI=1S/C24H30N4O/c1-17(2)15-28-8-6-18(7-9-28)24(29)12-23-11-21-10-19(4-5-20(21)13-25-23)22-14-26-27(3)16-22/h4-5,10-11,13-14,16-18H,6-9,12,15H2,1-3H3/i13D. The van der Waals surface area contributed by atoms with Gasteiger partial charge in [0.1, 0.15) is 5.78 Å². The van der Waals surface area contributed by atoms with Crippen LogP contribution in [-0.4, -0.2) is 45.1 Å². The number of pyridine rings is 1. The van der Waals surface area contributed by atoms with E-state index < -0.39 is 0 Å². The average molecular weight is 392 g/mol. The molecule has 4 rings (SSSR count). The molecule has 0 bridgehead atoms. The zero-order valence-corrected chi connectivity index (χ0v) is 17.6. The fourth-order valence-electron chi connectivity index (χ4n) is 4.24. The number of nitrogens with zero attached hydrogens (tertiary/aromatic N) is 4. The molecule has 0 aliphatic carbocycles. The number of aryl methyl sites for hydroxylation is 1. The van der Waals surface area contributed by atoms with Crippen molar-refractivity contribution in [3.63, 3.8) is 0 Å². The summed E-state index contributed by atoms with van der Waals surface area (Å²) in [5, 5.41) is 6.00. The van der Waals surface area contributed by atoms with Crippen molar-refractivity contribution in [1.82, 2.24) is 19.7 Å². The smallest absolute Gasteiger partial charge is 0.142 e. The molecule has 0 atom stereocenters. The highest BCUT2D eigenvalue weighted by atomic mass is 16.1. The maximum absolute atomic E-state index is 12.9. The second-order valence-electron chi connectivity index (χ2n) is 8.68. The molecule has 0 N–H and O–H groups in total. The van der Waals surface area contributed by atoms with E-state index in [4.69, 9.17) is 1.37 Å². The van der Waals surface area contributed by atoms with E-state index in [1.807, 2.05) is 37.6 Å². The second-order valence-corrected chi connectivity index (χ2v) is 8.68. The minimum absolute atomic E-state index is 0.113. The molecule has 1 aliphatic heterocycles. The van der Waals surface area contributed by atoms with Gasteiger partial charge in [0.25, 0.3) is 0 Å². The number of carbonyl (C=O) groups excluding carboxylic acids is 1. The summed E-state index contributed by atoms with van der Waals surface area (Å²) < 4.78 is 10.1. The van der Waals surface area contributed by atoms with Crippen LogP contribution in [0.25, 0.3) is 21.9 Å². The van der Waals surface area contributed by atoms with Crippen molar-refractivity contribution in [3.05, 3.63) is 48.5 Å². The summed E-state index contributed by atoms with van der Waals surface area (Å²) >= 11 is 0. The van der Waals surface area contributed by atoms with Crippen LogP contribution in [0.4, 0.5) is 0 Å². The zero-order valence-electron chi connectivity index (χ0n) is 18.6. The summed E-state index contributed by atoms with van der Waals surface area (Å²) in [4.78, 5) is 19.8. The van der Waals surface area contributed by atoms with Gasteiger partial charge in [-0.25, -0.2) is 0 Å². The summed E-state index contributed by atoms with van der Waals surface area (Å²) in [6.45, 7) is 7.58. The molecule has 0 unspecified atom stereocenters. The number of likely N-dealkylation sites (tertiary alicyclic amines) is 1. The van der Waals surface area contributed by atoms with Crippen molar-refractivity contribution in [2.75, 3.05) is 19.6 Å². The van der Waals surface area contributed by atoms with Crippen LogP contribution in [0, 0.1) is 11.8 Å². The van der Waals surface area contributed by atoms with E-state index in [9.17, 15) is 4.79 Å². The lowest BCUT2D eigenvalue weighted by Gasteiger charge is -2.32. The van der Waals surface area contributed by atoms with Crippen molar-refractivity contribution in [1.29, 1.82) is 0 Å². The Morgan fingerprint density at radius 2 is 2.00 bits per heavy atom. The molecule has 0 amide bonds. The molecule has 29 heavy (non-hydrogen) atoms. The third kappa shape index (κ3) is 4.73. The van der Waals surface area contributed by atoms with E-state index in [-0.39, 0.29) is 17.9 Å². The van der Waals surface area contributed by atoms with Gasteiger partial charge in [-0.05, 0) is 54.9 Å². The molecule has 5 heteroatoms. The number of hydrogen-bond donors (Lipinski definition) is 0. The SMILES string of the molecule is [2H]c1nc(CC(=O)C2CCN(CC(C)C)CC2)cc2cc(-c3cnn(C)c3)ccc12. The van der Waals surface area contributed by atoms with Gasteiger partial charge in [-0.15, -0.1) is 0 Å². The van der Waals surface area contributed by atoms with Crippen LogP contribution in [0.3, 0.4) is 0 Å². The number of piperidine rings is 1. The van der Waals surface area contributed by atoms with Crippen LogP contribution in [0.2, 0.25) is 0 Å². The summed E-state index contributed by atoms with van der Waals surface area (Å²) in [5.74, 6) is 1.03. The Bertz CT molecular complexity index is 1050. The number of ketones is 1. The van der Waals surface area contributed by atoms with Crippen molar-refractivity contribution in [2.45, 2.75) is 33.1 Å². The molecule has 0 spiro atoms. The maximum Gasteiger partial charge on any atom is 0.142 e. The van der Waals surface area contributed by atoms with Crippen LogP contribution in [0.1, 0.15) is 33.8 Å². The van der Waals surface area contributed by atoms with E-state index >= 15 is 0 Å². The van der Waals surface area contributed by atoms with E-state index in [2.05, 4.69) is 34.9 Å². The lowest BCUT2D eigenvalue weighted by atomic mass is 9.89. The van der Waals surface area contributed by atoms with Gasteiger partial charge in [-0.3, -0.25) is 14.5 Å². The van der Waals surface area contributed by atoms with E-state index in [0.717, 1.165) is 54.4 Å². The molecule has 1 aliphatic rings. The highest BCUT2D eigenvalue weighted by Gasteiger charge is 2.25. The van der Waals surface area contributed by atoms with Crippen LogP contribution < -0.4 is 0 Å². The van der Waals surface area contributed by atoms with Gasteiger partial charge in [0, 0.05) is 54.9 Å². The van der Waals surface area contributed by atoms with Gasteiger partial charge in [-0.1, -0.05) is 26.0 Å². The highest BCUT2D eigenvalue weighted by molar-refractivity contribution is 5.88. The Balaban J connectivity index is 1.49. The first-order valence-corrected chi connectivity index (χ1v) is 10.5. The predicted octanol–water partition coefficient (Wildman–Crippen LogP) is 4.11. The van der Waals surface area contributed by atoms with Gasteiger partial charge >= 0.3 is 0 Å². The normalized spacial score (nSPS) is 16.5. The molecule has 0 radical (unpaired) electrons. The number of hydrogen-bond acceptors (Lipinski definition) is 4. The monoisotopic (exact) mass is 391 g/mol. The Kier molecular flexibility index (Phi) is 5.39. The molecule has 1 saturated heterocycles. The van der Waals surface area contributed by atoms with Gasteiger partial charge in [-0.2, -0.15) is 5.10 Å². The van der Waals surface area contributed by atoms with Crippen LogP contribution >= 0.6 is 0 Å². The van der Waals surface area contributed by atoms with Crippen molar-refractivity contribution >= 4 is 16.6 Å². The van der Waals surface area contributed by atoms with Crippen LogP contribution in [0.15, 0.2) is 42.8 Å². The highest BCUT2D eigenvalue weighted by Crippen LogP contribution is 2.25. The van der Waals surface area contributed by atoms with Gasteiger partial charge < -0.3 is 4.90 Å². The van der Waals surface area contributed by atoms with E-state index in [1.165, 1.54) is 0 Å². The summed E-state index contributed by atoms with van der Waals surface area (Å²) in [6.07, 6.45) is 6.21. The van der Waals surface area contributed by atoms with Gasteiger partial charge in [0.15, 0.2) is 0 Å². The Labute approximate surface area is 174 Å². The molecule has 0 saturated carbocycles. The second kappa shape index (κ2) is 8.46.